The average molecular weight is 371 g/mol. The Balaban J connectivity index is 1.81. The molecule has 22 heavy (non-hydrogen) atoms. The first-order chi connectivity index (χ1) is 10.8. The number of fused-ring (bicyclic) bond motifs is 1. The average Bonchev–Trinajstić information content (AvgIpc) is 2.99. The number of hydrogen-bond donors (Lipinski definition) is 0. The van der Waals surface area contributed by atoms with Crippen LogP contribution in [-0.2, 0) is 0 Å². The van der Waals surface area contributed by atoms with Crippen molar-refractivity contribution in [3.8, 4) is 11.4 Å². The van der Waals surface area contributed by atoms with E-state index in [1.807, 2.05) is 47.1 Å². The quantitative estimate of drug-likeness (QED) is 0.682. The molecule has 0 unspecified atom stereocenters. The second-order valence-corrected chi connectivity index (χ2v) is 6.69. The number of nitrogens with zero attached hydrogens (tertiary/aromatic N) is 4. The Kier molecular flexibility index (Phi) is 3.56. The molecule has 2 heterocycles. The number of thioether (sulfide) groups is 1. The van der Waals surface area contributed by atoms with Gasteiger partial charge in [0.05, 0.1) is 5.71 Å². The van der Waals surface area contributed by atoms with Crippen molar-refractivity contribution in [2.24, 2.45) is 5.10 Å². The van der Waals surface area contributed by atoms with Gasteiger partial charge in [-0.3, -0.25) is 0 Å². The molecule has 1 aromatic heterocycles. The molecule has 0 saturated heterocycles. The van der Waals surface area contributed by atoms with Gasteiger partial charge in [-0.25, -0.2) is 0 Å². The van der Waals surface area contributed by atoms with E-state index in [4.69, 9.17) is 5.10 Å². The largest absolute Gasteiger partial charge is 0.212 e. The van der Waals surface area contributed by atoms with Crippen molar-refractivity contribution in [1.29, 1.82) is 0 Å². The van der Waals surface area contributed by atoms with Crippen LogP contribution in [0.25, 0.3) is 11.4 Å². The summed E-state index contributed by atoms with van der Waals surface area (Å²) in [5.41, 5.74) is 3.15. The van der Waals surface area contributed by atoms with Crippen LogP contribution in [0.4, 0.5) is 0 Å². The van der Waals surface area contributed by atoms with E-state index in [1.165, 1.54) is 0 Å². The van der Waals surface area contributed by atoms with Gasteiger partial charge in [0.15, 0.2) is 5.82 Å². The minimum Gasteiger partial charge on any atom is -0.187 e. The van der Waals surface area contributed by atoms with E-state index < -0.39 is 0 Å². The Morgan fingerprint density at radius 1 is 0.955 bits per heavy atom. The summed E-state index contributed by atoms with van der Waals surface area (Å²) in [6.07, 6.45) is 0. The van der Waals surface area contributed by atoms with Crippen LogP contribution in [0.2, 0.25) is 0 Å². The standard InChI is InChI=1S/C16H11BrN4S/c17-13-8-4-7-12(9-13)14-10-22-16-19-18-15(21(16)20-14)11-5-2-1-3-6-11/h1-9H,10H2. The molecule has 0 radical (unpaired) electrons. The molecule has 6 heteroatoms. The minimum atomic E-state index is 0.773. The van der Waals surface area contributed by atoms with E-state index in [2.05, 4.69) is 38.3 Å². The number of halogens is 1. The second-order valence-electron chi connectivity index (χ2n) is 4.83. The highest BCUT2D eigenvalue weighted by Crippen LogP contribution is 2.28. The maximum Gasteiger partial charge on any atom is 0.212 e. The zero-order valence-corrected chi connectivity index (χ0v) is 13.9. The topological polar surface area (TPSA) is 43.1 Å². The zero-order valence-electron chi connectivity index (χ0n) is 11.5. The van der Waals surface area contributed by atoms with Crippen LogP contribution in [0.1, 0.15) is 5.56 Å². The lowest BCUT2D eigenvalue weighted by molar-refractivity contribution is 0.762. The Morgan fingerprint density at radius 2 is 1.77 bits per heavy atom. The van der Waals surface area contributed by atoms with Gasteiger partial charge in [0.1, 0.15) is 0 Å². The van der Waals surface area contributed by atoms with E-state index in [0.717, 1.165) is 38.0 Å². The molecule has 2 aromatic carbocycles. The van der Waals surface area contributed by atoms with Crippen molar-refractivity contribution in [3.05, 3.63) is 64.6 Å². The highest BCUT2D eigenvalue weighted by Gasteiger charge is 2.20. The van der Waals surface area contributed by atoms with Gasteiger partial charge in [0.25, 0.3) is 0 Å². The summed E-state index contributed by atoms with van der Waals surface area (Å²) in [6.45, 7) is 0. The maximum absolute atomic E-state index is 4.76. The predicted octanol–water partition coefficient (Wildman–Crippen LogP) is 4.07. The molecule has 0 saturated carbocycles. The molecule has 0 fully saturated rings. The van der Waals surface area contributed by atoms with Crippen molar-refractivity contribution in [3.63, 3.8) is 0 Å². The fourth-order valence-electron chi connectivity index (χ4n) is 2.30. The summed E-state index contributed by atoms with van der Waals surface area (Å²) >= 11 is 5.17. The third kappa shape index (κ3) is 2.48. The lowest BCUT2D eigenvalue weighted by atomic mass is 10.1. The van der Waals surface area contributed by atoms with E-state index >= 15 is 0 Å². The Labute approximate surface area is 140 Å². The van der Waals surface area contributed by atoms with Gasteiger partial charge in [0.2, 0.25) is 5.16 Å². The van der Waals surface area contributed by atoms with Gasteiger partial charge in [0, 0.05) is 15.8 Å². The van der Waals surface area contributed by atoms with Crippen LogP contribution >= 0.6 is 27.7 Å². The Hall–Kier alpha value is -1.92. The molecule has 0 bridgehead atoms. The fraction of sp³-hybridized carbons (Fsp3) is 0.0625. The fourth-order valence-corrected chi connectivity index (χ4v) is 3.54. The van der Waals surface area contributed by atoms with E-state index in [-0.39, 0.29) is 0 Å². The lowest BCUT2D eigenvalue weighted by Gasteiger charge is -2.14. The van der Waals surface area contributed by atoms with Crippen LogP contribution in [0.5, 0.6) is 0 Å². The van der Waals surface area contributed by atoms with Crippen molar-refractivity contribution in [1.82, 2.24) is 14.9 Å². The molecular formula is C16H11BrN4S. The predicted molar refractivity (Wildman–Crippen MR) is 92.3 cm³/mol. The molecule has 0 aliphatic carbocycles. The normalized spacial score (nSPS) is 13.6. The molecule has 4 nitrogen and oxygen atoms in total. The third-order valence-electron chi connectivity index (χ3n) is 3.36. The highest BCUT2D eigenvalue weighted by atomic mass is 79.9. The van der Waals surface area contributed by atoms with Gasteiger partial charge in [-0.15, -0.1) is 10.2 Å². The van der Waals surface area contributed by atoms with Gasteiger partial charge in [-0.2, -0.15) is 9.78 Å². The SMILES string of the molecule is Brc1cccc(C2=Nn3c(nnc3-c3ccccc3)SC2)c1. The lowest BCUT2D eigenvalue weighted by Crippen LogP contribution is -2.13. The summed E-state index contributed by atoms with van der Waals surface area (Å²) < 4.78 is 2.88. The molecular weight excluding hydrogens is 360 g/mol. The number of benzene rings is 2. The van der Waals surface area contributed by atoms with Gasteiger partial charge < -0.3 is 0 Å². The maximum atomic E-state index is 4.76. The van der Waals surface area contributed by atoms with Crippen LogP contribution in [0, 0.1) is 0 Å². The van der Waals surface area contributed by atoms with E-state index in [0.29, 0.717) is 0 Å². The van der Waals surface area contributed by atoms with Crippen molar-refractivity contribution in [2.75, 3.05) is 5.75 Å². The first-order valence-electron chi connectivity index (χ1n) is 6.79. The molecule has 0 amide bonds. The monoisotopic (exact) mass is 370 g/mol. The van der Waals surface area contributed by atoms with Gasteiger partial charge in [-0.1, -0.05) is 70.2 Å². The molecule has 0 spiro atoms. The zero-order chi connectivity index (χ0) is 14.9. The molecule has 1 aliphatic rings. The molecule has 0 N–H and O–H groups in total. The molecule has 4 rings (SSSR count). The summed E-state index contributed by atoms with van der Waals surface area (Å²) in [5.74, 6) is 1.57. The van der Waals surface area contributed by atoms with Crippen molar-refractivity contribution >= 4 is 33.4 Å². The summed E-state index contributed by atoms with van der Waals surface area (Å²) in [6, 6.07) is 18.2. The van der Waals surface area contributed by atoms with E-state index in [1.54, 1.807) is 11.8 Å². The highest BCUT2D eigenvalue weighted by molar-refractivity contribution is 9.10. The van der Waals surface area contributed by atoms with Crippen LogP contribution < -0.4 is 0 Å². The number of aromatic nitrogens is 3. The second kappa shape index (κ2) is 5.70. The molecule has 1 aliphatic heterocycles. The Bertz CT molecular complexity index is 858. The molecule has 108 valence electrons. The van der Waals surface area contributed by atoms with Gasteiger partial charge in [-0.05, 0) is 17.7 Å². The van der Waals surface area contributed by atoms with Crippen molar-refractivity contribution in [2.45, 2.75) is 5.16 Å². The number of rotatable bonds is 2. The Morgan fingerprint density at radius 3 is 2.59 bits per heavy atom. The summed E-state index contributed by atoms with van der Waals surface area (Å²) in [7, 11) is 0. The minimum absolute atomic E-state index is 0.773. The van der Waals surface area contributed by atoms with Crippen LogP contribution in [0.15, 0.2) is 69.3 Å². The summed E-state index contributed by atoms with van der Waals surface area (Å²) in [4.78, 5) is 0. The van der Waals surface area contributed by atoms with E-state index in [9.17, 15) is 0 Å². The first-order valence-corrected chi connectivity index (χ1v) is 8.56. The van der Waals surface area contributed by atoms with Gasteiger partial charge >= 0.3 is 0 Å². The first kappa shape index (κ1) is 13.7. The van der Waals surface area contributed by atoms with Crippen LogP contribution in [-0.4, -0.2) is 26.3 Å². The van der Waals surface area contributed by atoms with Crippen LogP contribution in [0.3, 0.4) is 0 Å². The smallest absolute Gasteiger partial charge is 0.187 e. The van der Waals surface area contributed by atoms with Crippen molar-refractivity contribution < 1.29 is 0 Å². The number of hydrogen-bond acceptors (Lipinski definition) is 4. The third-order valence-corrected chi connectivity index (χ3v) is 4.78. The summed E-state index contributed by atoms with van der Waals surface area (Å²) in [5, 5.41) is 14.1. The molecule has 3 aromatic rings. The molecule has 0 atom stereocenters.